The minimum atomic E-state index is -4.54. The lowest BCUT2D eigenvalue weighted by atomic mass is 10.1. The van der Waals surface area contributed by atoms with Gasteiger partial charge in [-0.1, -0.05) is 42.5 Å². The van der Waals surface area contributed by atoms with Gasteiger partial charge >= 0.3 is 11.9 Å². The third-order valence-corrected chi connectivity index (χ3v) is 5.26. The van der Waals surface area contributed by atoms with E-state index in [1.807, 2.05) is 0 Å². The van der Waals surface area contributed by atoms with Crippen LogP contribution in [-0.4, -0.2) is 20.3 Å². The van der Waals surface area contributed by atoms with Crippen LogP contribution >= 0.6 is 0 Å². The second-order valence-corrected chi connectivity index (χ2v) is 7.77. The Morgan fingerprint density at radius 3 is 2.08 bits per heavy atom. The van der Waals surface area contributed by atoms with Crippen LogP contribution in [0.1, 0.15) is 27.2 Å². The van der Waals surface area contributed by atoms with Crippen LogP contribution in [0.2, 0.25) is 0 Å². The smallest absolute Gasteiger partial charge is 0.346 e. The van der Waals surface area contributed by atoms with E-state index in [9.17, 15) is 31.9 Å². The Hall–Kier alpha value is -4.54. The predicted molar refractivity (Wildman–Crippen MR) is 122 cm³/mol. The maximum atomic E-state index is 13.1. The van der Waals surface area contributed by atoms with Crippen LogP contribution in [-0.2, 0) is 19.3 Å². The minimum Gasteiger partial charge on any atom is -0.346 e. The molecule has 1 N–H and O–H groups in total. The van der Waals surface area contributed by atoms with Crippen LogP contribution < -0.4 is 16.6 Å². The highest BCUT2D eigenvalue weighted by Gasteiger charge is 2.30. The van der Waals surface area contributed by atoms with E-state index >= 15 is 0 Å². The number of hydrogen-bond donors (Lipinski definition) is 1. The van der Waals surface area contributed by atoms with E-state index in [2.05, 4.69) is 10.4 Å². The number of amides is 1. The Bertz CT molecular complexity index is 1490. The molecule has 184 valence electrons. The molecule has 0 fully saturated rings. The topological polar surface area (TPSA) is 86.0 Å². The van der Waals surface area contributed by atoms with Crippen molar-refractivity contribution in [2.24, 2.45) is 0 Å². The molecule has 0 radical (unpaired) electrons. The summed E-state index contributed by atoms with van der Waals surface area (Å²) < 4.78 is 53.4. The SMILES string of the molecule is O=C(NCc1ccc(F)cc1)c1nn(-c2ccccc2)c(=O)n(Cc2ccc(C(F)(F)F)cc2)c1=O. The summed E-state index contributed by atoms with van der Waals surface area (Å²) in [6.45, 7) is -0.424. The van der Waals surface area contributed by atoms with Gasteiger partial charge in [0.25, 0.3) is 11.5 Å². The van der Waals surface area contributed by atoms with Crippen molar-refractivity contribution >= 4 is 5.91 Å². The lowest BCUT2D eigenvalue weighted by molar-refractivity contribution is -0.137. The molecular formula is C25H18F4N4O3. The highest BCUT2D eigenvalue weighted by molar-refractivity contribution is 5.91. The van der Waals surface area contributed by atoms with Gasteiger partial charge in [0.2, 0.25) is 5.69 Å². The lowest BCUT2D eigenvalue weighted by Gasteiger charge is -2.13. The molecule has 0 aliphatic carbocycles. The normalized spacial score (nSPS) is 11.3. The van der Waals surface area contributed by atoms with Gasteiger partial charge in [-0.15, -0.1) is 0 Å². The van der Waals surface area contributed by atoms with Crippen molar-refractivity contribution in [3.63, 3.8) is 0 Å². The fourth-order valence-corrected chi connectivity index (χ4v) is 3.38. The first-order valence-corrected chi connectivity index (χ1v) is 10.6. The van der Waals surface area contributed by atoms with Crippen molar-refractivity contribution in [2.45, 2.75) is 19.3 Å². The molecule has 0 unspecified atom stereocenters. The monoisotopic (exact) mass is 498 g/mol. The van der Waals surface area contributed by atoms with Crippen molar-refractivity contribution in [3.05, 3.63) is 128 Å². The first-order chi connectivity index (χ1) is 17.1. The zero-order valence-corrected chi connectivity index (χ0v) is 18.5. The fourth-order valence-electron chi connectivity index (χ4n) is 3.38. The molecule has 7 nitrogen and oxygen atoms in total. The Morgan fingerprint density at radius 2 is 1.47 bits per heavy atom. The number of nitrogens with one attached hydrogen (secondary N) is 1. The first kappa shape index (κ1) is 24.6. The fraction of sp³-hybridized carbons (Fsp3) is 0.120. The summed E-state index contributed by atoms with van der Waals surface area (Å²) in [7, 11) is 0. The number of nitrogens with zero attached hydrogens (tertiary/aromatic N) is 3. The maximum absolute atomic E-state index is 13.1. The van der Waals surface area contributed by atoms with Crippen LogP contribution in [0.25, 0.3) is 5.69 Å². The molecule has 3 aromatic carbocycles. The Morgan fingerprint density at radius 1 is 0.861 bits per heavy atom. The van der Waals surface area contributed by atoms with E-state index in [4.69, 9.17) is 0 Å². The molecule has 11 heteroatoms. The third kappa shape index (κ3) is 5.40. The third-order valence-electron chi connectivity index (χ3n) is 5.26. The summed E-state index contributed by atoms with van der Waals surface area (Å²) in [6.07, 6.45) is -4.54. The molecule has 1 heterocycles. The van der Waals surface area contributed by atoms with Gasteiger partial charge in [-0.25, -0.2) is 9.18 Å². The average Bonchev–Trinajstić information content (AvgIpc) is 2.86. The molecule has 0 aliphatic heterocycles. The minimum absolute atomic E-state index is 0.0381. The Kier molecular flexibility index (Phi) is 6.82. The molecule has 0 saturated heterocycles. The van der Waals surface area contributed by atoms with E-state index in [0.29, 0.717) is 5.56 Å². The van der Waals surface area contributed by atoms with Crippen molar-refractivity contribution in [1.29, 1.82) is 0 Å². The summed E-state index contributed by atoms with van der Waals surface area (Å²) in [5.41, 5.74) is -2.28. The van der Waals surface area contributed by atoms with Gasteiger partial charge in [-0.05, 0) is 47.5 Å². The molecule has 0 saturated carbocycles. The van der Waals surface area contributed by atoms with Crippen LogP contribution in [0.5, 0.6) is 0 Å². The Balaban J connectivity index is 1.72. The van der Waals surface area contributed by atoms with E-state index in [-0.39, 0.29) is 24.3 Å². The average molecular weight is 498 g/mol. The van der Waals surface area contributed by atoms with Crippen molar-refractivity contribution < 1.29 is 22.4 Å². The van der Waals surface area contributed by atoms with E-state index in [1.54, 1.807) is 30.3 Å². The van der Waals surface area contributed by atoms with Crippen molar-refractivity contribution in [1.82, 2.24) is 19.7 Å². The summed E-state index contributed by atoms with van der Waals surface area (Å²) in [5.74, 6) is -1.33. The maximum Gasteiger partial charge on any atom is 0.416 e. The largest absolute Gasteiger partial charge is 0.416 e. The predicted octanol–water partition coefficient (Wildman–Crippen LogP) is 3.53. The molecule has 0 spiro atoms. The van der Waals surface area contributed by atoms with Gasteiger partial charge in [0.1, 0.15) is 5.82 Å². The molecule has 36 heavy (non-hydrogen) atoms. The quantitative estimate of drug-likeness (QED) is 0.412. The molecule has 4 rings (SSSR count). The Labute approximate surface area is 201 Å². The van der Waals surface area contributed by atoms with E-state index in [0.717, 1.165) is 33.5 Å². The van der Waals surface area contributed by atoms with Gasteiger partial charge in [-0.3, -0.25) is 14.2 Å². The molecule has 0 aliphatic rings. The number of rotatable bonds is 6. The molecule has 1 amide bonds. The summed E-state index contributed by atoms with van der Waals surface area (Å²) in [6, 6.07) is 17.4. The lowest BCUT2D eigenvalue weighted by Crippen LogP contribution is -2.46. The number of para-hydroxylation sites is 1. The first-order valence-electron chi connectivity index (χ1n) is 10.6. The highest BCUT2D eigenvalue weighted by Crippen LogP contribution is 2.29. The second-order valence-electron chi connectivity index (χ2n) is 7.77. The van der Waals surface area contributed by atoms with Gasteiger partial charge in [0.15, 0.2) is 0 Å². The zero-order valence-electron chi connectivity index (χ0n) is 18.5. The van der Waals surface area contributed by atoms with Gasteiger partial charge in [-0.2, -0.15) is 23.0 Å². The summed E-state index contributed by atoms with van der Waals surface area (Å²) >= 11 is 0. The number of alkyl halides is 3. The standard InChI is InChI=1S/C25H18F4N4O3/c26-19-12-8-16(9-13-19)14-30-22(34)21-23(35)32(15-17-6-10-18(11-7-17)25(27,28)29)24(36)33(31-21)20-4-2-1-3-5-20/h1-13H,14-15H2,(H,30,34). The van der Waals surface area contributed by atoms with Crippen LogP contribution in [0.15, 0.2) is 88.5 Å². The highest BCUT2D eigenvalue weighted by atomic mass is 19.4. The number of benzene rings is 3. The number of aromatic nitrogens is 3. The van der Waals surface area contributed by atoms with Crippen LogP contribution in [0.3, 0.4) is 0 Å². The number of halogens is 4. The van der Waals surface area contributed by atoms with Crippen LogP contribution in [0, 0.1) is 5.82 Å². The molecular weight excluding hydrogens is 480 g/mol. The van der Waals surface area contributed by atoms with Crippen LogP contribution in [0.4, 0.5) is 17.6 Å². The van der Waals surface area contributed by atoms with Gasteiger partial charge < -0.3 is 5.32 Å². The molecule has 4 aromatic rings. The van der Waals surface area contributed by atoms with Gasteiger partial charge in [0.05, 0.1) is 17.8 Å². The van der Waals surface area contributed by atoms with Crippen molar-refractivity contribution in [3.8, 4) is 5.69 Å². The molecule has 0 atom stereocenters. The van der Waals surface area contributed by atoms with E-state index < -0.39 is 40.4 Å². The van der Waals surface area contributed by atoms with Gasteiger partial charge in [0, 0.05) is 6.54 Å². The number of hydrogen-bond acceptors (Lipinski definition) is 4. The van der Waals surface area contributed by atoms with E-state index in [1.165, 1.54) is 24.3 Å². The number of carbonyl (C=O) groups is 1. The summed E-state index contributed by atoms with van der Waals surface area (Å²) in [4.78, 5) is 39.1. The zero-order chi connectivity index (χ0) is 25.9. The van der Waals surface area contributed by atoms with Crippen molar-refractivity contribution in [2.75, 3.05) is 0 Å². The molecule has 0 bridgehead atoms. The number of carbonyl (C=O) groups excluding carboxylic acids is 1. The molecule has 1 aromatic heterocycles. The summed E-state index contributed by atoms with van der Waals surface area (Å²) in [5, 5.41) is 6.48. The second kappa shape index (κ2) is 9.98.